The summed E-state index contributed by atoms with van der Waals surface area (Å²) < 4.78 is 18.8. The van der Waals surface area contributed by atoms with Crippen molar-refractivity contribution < 1.29 is 18.7 Å². The molecule has 0 bridgehead atoms. The Kier molecular flexibility index (Phi) is 4.99. The second kappa shape index (κ2) is 7.17. The predicted molar refractivity (Wildman–Crippen MR) is 87.4 cm³/mol. The molecule has 2 saturated heterocycles. The SMILES string of the molecule is Cc1cc(N2CC[C@H](NC(=O)NC[C@@H]3CCCO3)C2=O)ccc1F. The monoisotopic (exact) mass is 335 g/mol. The van der Waals surface area contributed by atoms with Crippen LogP contribution >= 0.6 is 0 Å². The first-order chi connectivity index (χ1) is 11.5. The number of anilines is 1. The maximum atomic E-state index is 13.4. The topological polar surface area (TPSA) is 70.7 Å². The van der Waals surface area contributed by atoms with Crippen LogP contribution in [0.25, 0.3) is 0 Å². The van der Waals surface area contributed by atoms with Crippen LogP contribution in [0, 0.1) is 12.7 Å². The first-order valence-corrected chi connectivity index (χ1v) is 8.28. The van der Waals surface area contributed by atoms with E-state index in [2.05, 4.69) is 10.6 Å². The molecule has 130 valence electrons. The Labute approximate surface area is 140 Å². The third kappa shape index (κ3) is 3.67. The van der Waals surface area contributed by atoms with Crippen molar-refractivity contribution in [2.24, 2.45) is 0 Å². The van der Waals surface area contributed by atoms with Crippen molar-refractivity contribution in [2.45, 2.75) is 38.3 Å². The molecule has 1 aromatic rings. The smallest absolute Gasteiger partial charge is 0.315 e. The standard InChI is InChI=1S/C17H22FN3O3/c1-11-9-12(4-5-14(11)18)21-7-6-15(16(21)22)20-17(23)19-10-13-3-2-8-24-13/h4-5,9,13,15H,2-3,6-8,10H2,1H3,(H2,19,20,23)/t13-,15-/m0/s1. The summed E-state index contributed by atoms with van der Waals surface area (Å²) in [4.78, 5) is 26.0. The molecule has 7 heteroatoms. The van der Waals surface area contributed by atoms with E-state index in [0.717, 1.165) is 19.4 Å². The number of nitrogens with one attached hydrogen (secondary N) is 2. The van der Waals surface area contributed by atoms with Gasteiger partial charge >= 0.3 is 6.03 Å². The Bertz CT molecular complexity index is 632. The third-order valence-corrected chi connectivity index (χ3v) is 4.48. The van der Waals surface area contributed by atoms with Crippen molar-refractivity contribution in [3.63, 3.8) is 0 Å². The summed E-state index contributed by atoms with van der Waals surface area (Å²) in [5, 5.41) is 5.46. The molecule has 2 N–H and O–H groups in total. The van der Waals surface area contributed by atoms with Gasteiger partial charge in [-0.2, -0.15) is 0 Å². The van der Waals surface area contributed by atoms with Gasteiger partial charge in [-0.15, -0.1) is 0 Å². The average Bonchev–Trinajstić information content (AvgIpc) is 3.19. The van der Waals surface area contributed by atoms with Crippen molar-refractivity contribution in [2.75, 3.05) is 24.6 Å². The number of hydrogen-bond acceptors (Lipinski definition) is 3. The number of amides is 3. The number of halogens is 1. The highest BCUT2D eigenvalue weighted by Gasteiger charge is 2.33. The van der Waals surface area contributed by atoms with Crippen LogP contribution in [0.2, 0.25) is 0 Å². The van der Waals surface area contributed by atoms with E-state index in [9.17, 15) is 14.0 Å². The summed E-state index contributed by atoms with van der Waals surface area (Å²) in [5.41, 5.74) is 1.15. The second-order valence-corrected chi connectivity index (χ2v) is 6.25. The number of nitrogens with zero attached hydrogens (tertiary/aromatic N) is 1. The fraction of sp³-hybridized carbons (Fsp3) is 0.529. The third-order valence-electron chi connectivity index (χ3n) is 4.48. The van der Waals surface area contributed by atoms with Crippen molar-refractivity contribution in [3.8, 4) is 0 Å². The molecule has 0 aromatic heterocycles. The second-order valence-electron chi connectivity index (χ2n) is 6.25. The van der Waals surface area contributed by atoms with Crippen molar-refractivity contribution in [3.05, 3.63) is 29.6 Å². The summed E-state index contributed by atoms with van der Waals surface area (Å²) in [6.07, 6.45) is 2.55. The molecule has 6 nitrogen and oxygen atoms in total. The van der Waals surface area contributed by atoms with Gasteiger partial charge in [-0.1, -0.05) is 0 Å². The molecule has 2 aliphatic rings. The van der Waals surface area contributed by atoms with Gasteiger partial charge in [-0.25, -0.2) is 9.18 Å². The van der Waals surface area contributed by atoms with Gasteiger partial charge in [-0.3, -0.25) is 4.79 Å². The van der Waals surface area contributed by atoms with Crippen molar-refractivity contribution in [1.82, 2.24) is 10.6 Å². The highest BCUT2D eigenvalue weighted by molar-refractivity contribution is 6.01. The molecular weight excluding hydrogens is 313 g/mol. The van der Waals surface area contributed by atoms with Gasteiger partial charge in [0.15, 0.2) is 0 Å². The first kappa shape index (κ1) is 16.7. The normalized spacial score (nSPS) is 23.6. The molecule has 0 radical (unpaired) electrons. The molecule has 3 amide bonds. The molecule has 0 spiro atoms. The Morgan fingerprint density at radius 1 is 1.42 bits per heavy atom. The number of aryl methyl sites for hydroxylation is 1. The molecular formula is C17H22FN3O3. The molecule has 24 heavy (non-hydrogen) atoms. The van der Waals surface area contributed by atoms with E-state index in [1.807, 2.05) is 0 Å². The van der Waals surface area contributed by atoms with E-state index in [1.165, 1.54) is 6.07 Å². The molecule has 0 unspecified atom stereocenters. The highest BCUT2D eigenvalue weighted by atomic mass is 19.1. The first-order valence-electron chi connectivity index (χ1n) is 8.28. The van der Waals surface area contributed by atoms with E-state index >= 15 is 0 Å². The van der Waals surface area contributed by atoms with Gasteiger partial charge in [0.25, 0.3) is 0 Å². The van der Waals surface area contributed by atoms with E-state index in [4.69, 9.17) is 4.74 Å². The van der Waals surface area contributed by atoms with Gasteiger partial charge in [0.1, 0.15) is 11.9 Å². The summed E-state index contributed by atoms with van der Waals surface area (Å²) in [5.74, 6) is -0.471. The lowest BCUT2D eigenvalue weighted by Crippen LogP contribution is -2.47. The number of ether oxygens (including phenoxy) is 1. The minimum Gasteiger partial charge on any atom is -0.376 e. The Balaban J connectivity index is 1.53. The number of carbonyl (C=O) groups is 2. The van der Waals surface area contributed by atoms with Crippen LogP contribution in [0.4, 0.5) is 14.9 Å². The highest BCUT2D eigenvalue weighted by Crippen LogP contribution is 2.23. The Morgan fingerprint density at radius 3 is 2.96 bits per heavy atom. The molecule has 2 fully saturated rings. The molecule has 2 heterocycles. The van der Waals surface area contributed by atoms with E-state index in [1.54, 1.807) is 24.0 Å². The Hall–Kier alpha value is -2.15. The fourth-order valence-corrected chi connectivity index (χ4v) is 3.09. The van der Waals surface area contributed by atoms with Crippen LogP contribution in [0.3, 0.4) is 0 Å². The van der Waals surface area contributed by atoms with E-state index in [-0.39, 0.29) is 23.9 Å². The van der Waals surface area contributed by atoms with E-state index in [0.29, 0.717) is 30.8 Å². The van der Waals surface area contributed by atoms with Crippen LogP contribution in [-0.4, -0.2) is 43.8 Å². The number of urea groups is 1. The Morgan fingerprint density at radius 2 is 2.25 bits per heavy atom. The maximum absolute atomic E-state index is 13.4. The van der Waals surface area contributed by atoms with Crippen LogP contribution in [0.15, 0.2) is 18.2 Å². The zero-order valence-electron chi connectivity index (χ0n) is 13.7. The van der Waals surface area contributed by atoms with Gasteiger partial charge in [0.2, 0.25) is 5.91 Å². The lowest BCUT2D eigenvalue weighted by molar-refractivity contribution is -0.118. The number of rotatable bonds is 4. The van der Waals surface area contributed by atoms with Crippen LogP contribution in [0.1, 0.15) is 24.8 Å². The van der Waals surface area contributed by atoms with Crippen molar-refractivity contribution in [1.29, 1.82) is 0 Å². The predicted octanol–water partition coefficient (Wildman–Crippen LogP) is 1.72. The summed E-state index contributed by atoms with van der Waals surface area (Å²) in [6.45, 7) is 3.35. The quantitative estimate of drug-likeness (QED) is 0.880. The molecule has 3 rings (SSSR count). The molecule has 1 aromatic carbocycles. The van der Waals surface area contributed by atoms with E-state index < -0.39 is 6.04 Å². The van der Waals surface area contributed by atoms with Crippen molar-refractivity contribution >= 4 is 17.6 Å². The summed E-state index contributed by atoms with van der Waals surface area (Å²) in [7, 11) is 0. The minimum absolute atomic E-state index is 0.0636. The molecule has 2 aliphatic heterocycles. The lowest BCUT2D eigenvalue weighted by atomic mass is 10.2. The van der Waals surface area contributed by atoms with Crippen LogP contribution in [0.5, 0.6) is 0 Å². The summed E-state index contributed by atoms with van der Waals surface area (Å²) >= 11 is 0. The number of carbonyl (C=O) groups excluding carboxylic acids is 2. The minimum atomic E-state index is -0.556. The van der Waals surface area contributed by atoms with Crippen LogP contribution in [-0.2, 0) is 9.53 Å². The molecule has 0 aliphatic carbocycles. The largest absolute Gasteiger partial charge is 0.376 e. The zero-order chi connectivity index (χ0) is 17.1. The van der Waals surface area contributed by atoms with Gasteiger partial charge < -0.3 is 20.3 Å². The lowest BCUT2D eigenvalue weighted by Gasteiger charge is -2.18. The maximum Gasteiger partial charge on any atom is 0.315 e. The molecule has 2 atom stereocenters. The number of hydrogen-bond donors (Lipinski definition) is 2. The zero-order valence-corrected chi connectivity index (χ0v) is 13.7. The molecule has 0 saturated carbocycles. The van der Waals surface area contributed by atoms with Gasteiger partial charge in [-0.05, 0) is 49.9 Å². The fourth-order valence-electron chi connectivity index (χ4n) is 3.09. The number of benzene rings is 1. The van der Waals surface area contributed by atoms with Gasteiger partial charge in [0, 0.05) is 25.4 Å². The van der Waals surface area contributed by atoms with Gasteiger partial charge in [0.05, 0.1) is 6.10 Å². The average molecular weight is 335 g/mol. The van der Waals surface area contributed by atoms with Crippen LogP contribution < -0.4 is 15.5 Å². The summed E-state index contributed by atoms with van der Waals surface area (Å²) in [6, 6.07) is 3.67.